The van der Waals surface area contributed by atoms with Crippen LogP contribution in [-0.4, -0.2) is 4.98 Å². The predicted molar refractivity (Wildman–Crippen MR) is 76.3 cm³/mol. The lowest BCUT2D eigenvalue weighted by molar-refractivity contribution is 1.35. The van der Waals surface area contributed by atoms with Gasteiger partial charge in [0.1, 0.15) is 23.9 Å². The van der Waals surface area contributed by atoms with Gasteiger partial charge in [-0.3, -0.25) is 0 Å². The van der Waals surface area contributed by atoms with Crippen LogP contribution in [0, 0.1) is 40.9 Å². The molecule has 96 valence electrons. The average molecular weight is 280 g/mol. The smallest absolute Gasteiger partial charge is 0.181 e. The van der Waals surface area contributed by atoms with Crippen LogP contribution >= 0.6 is 11.3 Å². The van der Waals surface area contributed by atoms with Crippen molar-refractivity contribution in [2.45, 2.75) is 6.92 Å². The molecule has 2 aromatic rings. The molecule has 0 amide bonds. The highest BCUT2D eigenvalue weighted by atomic mass is 32.1. The van der Waals surface area contributed by atoms with E-state index >= 15 is 0 Å². The van der Waals surface area contributed by atoms with E-state index in [0.29, 0.717) is 16.3 Å². The fraction of sp³-hybridized carbons (Fsp3) is 0.0769. The van der Waals surface area contributed by atoms with E-state index in [1.807, 2.05) is 19.1 Å². The first kappa shape index (κ1) is 13.4. The van der Waals surface area contributed by atoms with E-state index in [1.54, 1.807) is 18.2 Å². The van der Waals surface area contributed by atoms with Crippen molar-refractivity contribution >= 4 is 32.4 Å². The Morgan fingerprint density at radius 3 is 2.55 bits per heavy atom. The summed E-state index contributed by atoms with van der Waals surface area (Å²) < 4.78 is 0.939. The Labute approximate surface area is 119 Å². The zero-order valence-electron chi connectivity index (χ0n) is 10.4. The first-order chi connectivity index (χ1) is 9.58. The number of aromatic nitrogens is 1. The molecule has 0 spiro atoms. The first-order valence-corrected chi connectivity index (χ1v) is 6.29. The minimum absolute atomic E-state index is 0.0827. The fourth-order valence-corrected chi connectivity index (χ4v) is 2.46. The quantitative estimate of drug-likeness (QED) is 0.814. The second-order valence-corrected chi connectivity index (χ2v) is 4.96. The maximum absolute atomic E-state index is 9.02. The predicted octanol–water partition coefficient (Wildman–Crippen LogP) is 2.42. The van der Waals surface area contributed by atoms with Crippen LogP contribution in [-0.2, 0) is 0 Å². The van der Waals surface area contributed by atoms with Crippen molar-refractivity contribution in [3.63, 3.8) is 0 Å². The lowest BCUT2D eigenvalue weighted by Gasteiger charge is -2.08. The van der Waals surface area contributed by atoms with Crippen molar-refractivity contribution in [3.8, 4) is 18.2 Å². The van der Waals surface area contributed by atoms with Crippen molar-refractivity contribution in [1.29, 1.82) is 15.8 Å². The summed E-state index contributed by atoms with van der Waals surface area (Å²) in [5.74, 6) is 0. The summed E-state index contributed by atoms with van der Waals surface area (Å²) >= 11 is 1.37. The first-order valence-electron chi connectivity index (χ1n) is 5.47. The van der Waals surface area contributed by atoms with Gasteiger partial charge in [-0.2, -0.15) is 15.8 Å². The normalized spacial score (nSPS) is 9.30. The van der Waals surface area contributed by atoms with E-state index in [-0.39, 0.29) is 11.3 Å². The van der Waals surface area contributed by atoms with Gasteiger partial charge in [0, 0.05) is 5.69 Å². The van der Waals surface area contributed by atoms with Crippen molar-refractivity contribution < 1.29 is 0 Å². The highest BCUT2D eigenvalue weighted by molar-refractivity contribution is 7.22. The lowest BCUT2D eigenvalue weighted by Crippen LogP contribution is -2.02. The molecule has 0 fully saturated rings. The largest absolute Gasteiger partial charge is 0.375 e. The third-order valence-electron chi connectivity index (χ3n) is 2.60. The molecule has 0 bridgehead atoms. The van der Waals surface area contributed by atoms with E-state index in [4.69, 9.17) is 21.5 Å². The maximum atomic E-state index is 9.02. The Morgan fingerprint density at radius 1 is 1.25 bits per heavy atom. The number of thiazole rings is 1. The van der Waals surface area contributed by atoms with Crippen LogP contribution in [0.15, 0.2) is 23.4 Å². The molecule has 0 radical (unpaired) electrons. The van der Waals surface area contributed by atoms with E-state index in [2.05, 4.69) is 10.3 Å². The summed E-state index contributed by atoms with van der Waals surface area (Å²) in [5, 5.41) is 29.9. The van der Waals surface area contributed by atoms with Gasteiger partial charge in [-0.15, -0.1) is 0 Å². The van der Waals surface area contributed by atoms with Gasteiger partial charge >= 0.3 is 0 Å². The molecule has 0 unspecified atom stereocenters. The van der Waals surface area contributed by atoms with Crippen LogP contribution < -0.4 is 11.1 Å². The Balaban J connectivity index is 2.52. The molecule has 0 saturated heterocycles. The molecule has 7 heteroatoms. The molecule has 20 heavy (non-hydrogen) atoms. The molecule has 1 aromatic heterocycles. The number of anilines is 2. The summed E-state index contributed by atoms with van der Waals surface area (Å²) in [7, 11) is 0. The number of benzene rings is 1. The van der Waals surface area contributed by atoms with Gasteiger partial charge in [0.05, 0.1) is 10.2 Å². The van der Waals surface area contributed by atoms with Crippen molar-refractivity contribution in [2.75, 3.05) is 11.1 Å². The number of nitrogen functional groups attached to an aromatic ring is 1. The van der Waals surface area contributed by atoms with Crippen LogP contribution in [0.3, 0.4) is 0 Å². The van der Waals surface area contributed by atoms with Gasteiger partial charge in [0.2, 0.25) is 0 Å². The summed E-state index contributed by atoms with van der Waals surface area (Å²) in [5.41, 5.74) is 7.49. The van der Waals surface area contributed by atoms with Crippen LogP contribution in [0.2, 0.25) is 0 Å². The van der Waals surface area contributed by atoms with Crippen molar-refractivity contribution in [2.24, 2.45) is 0 Å². The molecule has 0 aliphatic rings. The molecular weight excluding hydrogens is 272 g/mol. The number of hydrogen-bond donors (Lipinski definition) is 2. The second-order valence-electron chi connectivity index (χ2n) is 3.90. The van der Waals surface area contributed by atoms with Gasteiger partial charge in [0.15, 0.2) is 10.7 Å². The molecule has 3 N–H and O–H groups in total. The molecule has 0 atom stereocenters. The highest BCUT2D eigenvalue weighted by Crippen LogP contribution is 2.29. The number of nitrogens with two attached hydrogens (primary N) is 1. The Bertz CT molecular complexity index is 825. The Kier molecular flexibility index (Phi) is 3.52. The molecule has 2 rings (SSSR count). The van der Waals surface area contributed by atoms with Gasteiger partial charge in [-0.1, -0.05) is 11.3 Å². The van der Waals surface area contributed by atoms with E-state index in [9.17, 15) is 0 Å². The molecule has 6 nitrogen and oxygen atoms in total. The summed E-state index contributed by atoms with van der Waals surface area (Å²) in [4.78, 5) is 4.16. The number of nitrogens with one attached hydrogen (secondary N) is 1. The fourth-order valence-electron chi connectivity index (χ4n) is 1.65. The minimum Gasteiger partial charge on any atom is -0.375 e. The molecule has 0 aliphatic heterocycles. The summed E-state index contributed by atoms with van der Waals surface area (Å²) in [6, 6.07) is 8.81. The van der Waals surface area contributed by atoms with Gasteiger partial charge in [-0.05, 0) is 24.6 Å². The molecule has 0 saturated carbocycles. The van der Waals surface area contributed by atoms with Gasteiger partial charge in [-0.25, -0.2) is 4.98 Å². The van der Waals surface area contributed by atoms with Crippen LogP contribution in [0.5, 0.6) is 0 Å². The van der Waals surface area contributed by atoms with Crippen molar-refractivity contribution in [3.05, 3.63) is 29.0 Å². The zero-order chi connectivity index (χ0) is 14.7. The van der Waals surface area contributed by atoms with Gasteiger partial charge < -0.3 is 11.1 Å². The average Bonchev–Trinajstić information content (AvgIpc) is 2.78. The van der Waals surface area contributed by atoms with Crippen LogP contribution in [0.25, 0.3) is 10.2 Å². The Morgan fingerprint density at radius 2 is 1.95 bits per heavy atom. The minimum atomic E-state index is -0.259. The van der Waals surface area contributed by atoms with Crippen molar-refractivity contribution in [1.82, 2.24) is 4.98 Å². The van der Waals surface area contributed by atoms with E-state index in [1.165, 1.54) is 11.3 Å². The molecular formula is C13H8N6S. The maximum Gasteiger partial charge on any atom is 0.181 e. The third kappa shape index (κ3) is 2.37. The standard InChI is InChI=1S/C13H8N6S/c1-7-2-12-10(19-13(17)20-12)3-9(7)18-11(6-16)8(4-14)5-15/h2-3,18H,1H3,(H2,17,19). The third-order valence-corrected chi connectivity index (χ3v) is 3.44. The number of aryl methyl sites for hydroxylation is 1. The monoisotopic (exact) mass is 280 g/mol. The molecule has 1 aromatic carbocycles. The number of nitriles is 3. The lowest BCUT2D eigenvalue weighted by atomic mass is 10.1. The van der Waals surface area contributed by atoms with Gasteiger partial charge in [0.25, 0.3) is 0 Å². The number of fused-ring (bicyclic) bond motifs is 1. The van der Waals surface area contributed by atoms with E-state index in [0.717, 1.165) is 10.3 Å². The zero-order valence-corrected chi connectivity index (χ0v) is 11.2. The molecule has 0 aliphatic carbocycles. The summed E-state index contributed by atoms with van der Waals surface area (Å²) in [6.07, 6.45) is 0. The number of allylic oxidation sites excluding steroid dienone is 2. The van der Waals surface area contributed by atoms with Crippen LogP contribution in [0.4, 0.5) is 10.8 Å². The number of nitrogens with zero attached hydrogens (tertiary/aromatic N) is 4. The second kappa shape index (κ2) is 5.27. The highest BCUT2D eigenvalue weighted by Gasteiger charge is 2.10. The Hall–Kier alpha value is -3.08. The SMILES string of the molecule is Cc1cc2sc(N)nc2cc1NC(C#N)=C(C#N)C#N. The topological polar surface area (TPSA) is 122 Å². The van der Waals surface area contributed by atoms with Crippen LogP contribution in [0.1, 0.15) is 5.56 Å². The summed E-state index contributed by atoms with van der Waals surface area (Å²) in [6.45, 7) is 1.85. The number of rotatable bonds is 2. The van der Waals surface area contributed by atoms with E-state index < -0.39 is 0 Å². The number of hydrogen-bond acceptors (Lipinski definition) is 7. The molecule has 1 heterocycles.